The summed E-state index contributed by atoms with van der Waals surface area (Å²) < 4.78 is 5.72. The van der Waals surface area contributed by atoms with Gasteiger partial charge >= 0.3 is 0 Å². The number of benzene rings is 5. The third kappa shape index (κ3) is 1.46. The second-order valence-electron chi connectivity index (χ2n) is 6.07. The molecule has 0 fully saturated rings. The van der Waals surface area contributed by atoms with E-state index in [2.05, 4.69) is 12.1 Å². The third-order valence-electron chi connectivity index (χ3n) is 4.90. The lowest BCUT2D eigenvalue weighted by Gasteiger charge is -2.17. The van der Waals surface area contributed by atoms with Crippen molar-refractivity contribution in [3.8, 4) is 17.2 Å². The van der Waals surface area contributed by atoms with Crippen LogP contribution in [-0.2, 0) is 0 Å². The van der Waals surface area contributed by atoms with E-state index in [4.69, 9.17) is 4.74 Å². The fourth-order valence-electron chi connectivity index (χ4n) is 3.90. The van der Waals surface area contributed by atoms with Gasteiger partial charge in [0.15, 0.2) is 0 Å². The van der Waals surface area contributed by atoms with Crippen molar-refractivity contribution in [2.75, 3.05) is 7.11 Å². The first-order chi connectivity index (χ1) is 11.7. The van der Waals surface area contributed by atoms with Gasteiger partial charge in [-0.15, -0.1) is 0 Å². The van der Waals surface area contributed by atoms with Crippen molar-refractivity contribution in [1.29, 1.82) is 0 Å². The Morgan fingerprint density at radius 3 is 1.83 bits per heavy atom. The van der Waals surface area contributed by atoms with Crippen molar-refractivity contribution < 1.29 is 14.9 Å². The van der Waals surface area contributed by atoms with Crippen LogP contribution in [-0.4, -0.2) is 17.3 Å². The van der Waals surface area contributed by atoms with Crippen LogP contribution in [0.5, 0.6) is 17.2 Å². The van der Waals surface area contributed by atoms with E-state index < -0.39 is 0 Å². The lowest BCUT2D eigenvalue weighted by Crippen LogP contribution is -1.91. The Balaban J connectivity index is 2.22. The van der Waals surface area contributed by atoms with Gasteiger partial charge in [-0.25, -0.2) is 0 Å². The van der Waals surface area contributed by atoms with E-state index in [1.807, 2.05) is 36.4 Å². The lowest BCUT2D eigenvalue weighted by molar-refractivity contribution is 0.424. The molecule has 3 nitrogen and oxygen atoms in total. The number of hydrogen-bond acceptors (Lipinski definition) is 3. The molecule has 2 N–H and O–H groups in total. The zero-order valence-corrected chi connectivity index (χ0v) is 13.0. The molecule has 0 aliphatic rings. The summed E-state index contributed by atoms with van der Waals surface area (Å²) in [5, 5.41) is 28.1. The van der Waals surface area contributed by atoms with Crippen LogP contribution in [0.3, 0.4) is 0 Å². The second kappa shape index (κ2) is 4.42. The third-order valence-corrected chi connectivity index (χ3v) is 4.90. The summed E-state index contributed by atoms with van der Waals surface area (Å²) in [7, 11) is 1.67. The molecule has 0 saturated heterocycles. The molecule has 0 atom stereocenters. The molecule has 116 valence electrons. The average molecular weight is 314 g/mol. The van der Waals surface area contributed by atoms with Gasteiger partial charge in [-0.05, 0) is 29.0 Å². The van der Waals surface area contributed by atoms with E-state index in [1.54, 1.807) is 7.11 Å². The van der Waals surface area contributed by atoms with Crippen molar-refractivity contribution in [2.24, 2.45) is 0 Å². The molecule has 0 amide bonds. The van der Waals surface area contributed by atoms with Gasteiger partial charge in [-0.2, -0.15) is 0 Å². The van der Waals surface area contributed by atoms with Gasteiger partial charge in [0.25, 0.3) is 0 Å². The van der Waals surface area contributed by atoms with Gasteiger partial charge in [0.2, 0.25) is 0 Å². The molecule has 5 rings (SSSR count). The molecule has 5 aromatic carbocycles. The lowest BCUT2D eigenvalue weighted by atomic mass is 9.89. The Morgan fingerprint density at radius 1 is 0.625 bits per heavy atom. The van der Waals surface area contributed by atoms with Gasteiger partial charge in [0.05, 0.1) is 7.11 Å². The minimum absolute atomic E-state index is 0.0847. The second-order valence-corrected chi connectivity index (χ2v) is 6.07. The van der Waals surface area contributed by atoms with Crippen molar-refractivity contribution in [2.45, 2.75) is 0 Å². The van der Waals surface area contributed by atoms with E-state index in [-0.39, 0.29) is 11.5 Å². The van der Waals surface area contributed by atoms with Crippen LogP contribution in [0, 0.1) is 0 Å². The highest BCUT2D eigenvalue weighted by molar-refractivity contribution is 6.32. The fourth-order valence-corrected chi connectivity index (χ4v) is 3.90. The van der Waals surface area contributed by atoms with Gasteiger partial charge in [0.1, 0.15) is 17.2 Å². The topological polar surface area (TPSA) is 49.7 Å². The molecule has 0 aromatic heterocycles. The number of fused-ring (bicyclic) bond motifs is 2. The predicted octanol–water partition coefficient (Wildman–Crippen LogP) is 5.16. The minimum atomic E-state index is 0.0847. The van der Waals surface area contributed by atoms with Crippen LogP contribution in [0.15, 0.2) is 54.6 Å². The Morgan fingerprint density at radius 2 is 1.17 bits per heavy atom. The molecule has 0 aliphatic heterocycles. The first-order valence-corrected chi connectivity index (χ1v) is 7.79. The maximum absolute atomic E-state index is 10.3. The van der Waals surface area contributed by atoms with E-state index in [1.165, 1.54) is 6.07 Å². The summed E-state index contributed by atoms with van der Waals surface area (Å²) in [5.74, 6) is 0.985. The van der Waals surface area contributed by atoms with Crippen LogP contribution in [0.2, 0.25) is 0 Å². The van der Waals surface area contributed by atoms with Gasteiger partial charge < -0.3 is 14.9 Å². The minimum Gasteiger partial charge on any atom is -0.507 e. The van der Waals surface area contributed by atoms with Crippen LogP contribution >= 0.6 is 0 Å². The summed E-state index contributed by atoms with van der Waals surface area (Å²) in [6, 6.07) is 17.3. The number of phenols is 2. The largest absolute Gasteiger partial charge is 0.507 e. The van der Waals surface area contributed by atoms with Crippen LogP contribution in [0.25, 0.3) is 43.1 Å². The van der Waals surface area contributed by atoms with Crippen molar-refractivity contribution >= 4 is 43.1 Å². The average Bonchev–Trinajstić information content (AvgIpc) is 2.61. The molecule has 0 bridgehead atoms. The number of aromatic hydroxyl groups is 2. The number of rotatable bonds is 1. The fraction of sp³-hybridized carbons (Fsp3) is 0.0476. The van der Waals surface area contributed by atoms with E-state index in [0.29, 0.717) is 0 Å². The van der Waals surface area contributed by atoms with Crippen molar-refractivity contribution in [3.63, 3.8) is 0 Å². The number of phenolic OH excluding ortho intramolecular Hbond substituents is 2. The maximum atomic E-state index is 10.3. The van der Waals surface area contributed by atoms with Crippen molar-refractivity contribution in [3.05, 3.63) is 54.6 Å². The summed E-state index contributed by atoms with van der Waals surface area (Å²) in [5.41, 5.74) is 0. The highest BCUT2D eigenvalue weighted by Gasteiger charge is 2.18. The van der Waals surface area contributed by atoms with Crippen LogP contribution in [0.1, 0.15) is 0 Å². The van der Waals surface area contributed by atoms with Gasteiger partial charge in [-0.1, -0.05) is 30.3 Å². The van der Waals surface area contributed by atoms with Crippen molar-refractivity contribution in [1.82, 2.24) is 0 Å². The number of methoxy groups -OCH3 is 1. The molecule has 0 radical (unpaired) electrons. The van der Waals surface area contributed by atoms with Crippen LogP contribution in [0.4, 0.5) is 0 Å². The maximum Gasteiger partial charge on any atom is 0.134 e. The first-order valence-electron chi connectivity index (χ1n) is 7.79. The molecule has 24 heavy (non-hydrogen) atoms. The van der Waals surface area contributed by atoms with E-state index in [0.717, 1.165) is 48.8 Å². The zero-order chi connectivity index (χ0) is 16.4. The Bertz CT molecular complexity index is 1230. The number of hydrogen-bond donors (Lipinski definition) is 2. The molecule has 0 heterocycles. The van der Waals surface area contributed by atoms with Gasteiger partial charge in [0, 0.05) is 38.4 Å². The highest BCUT2D eigenvalue weighted by atomic mass is 16.5. The molecule has 5 aromatic rings. The molecule has 0 spiro atoms. The smallest absolute Gasteiger partial charge is 0.134 e. The SMILES string of the molecule is COc1c2ccccc2c2ccc3c(O)cc(O)c4ccc1c2c43. The Kier molecular flexibility index (Phi) is 2.44. The molecule has 0 unspecified atom stereocenters. The standard InChI is InChI=1S/C21H14O3/c1-24-21-13-5-3-2-4-11(13)12-6-7-14-17(22)10-18(23)15-8-9-16(21)19(12)20(14)15/h2-10,22-23H,1H3. The van der Waals surface area contributed by atoms with Crippen LogP contribution < -0.4 is 4.74 Å². The quantitative estimate of drug-likeness (QED) is 0.332. The van der Waals surface area contributed by atoms with E-state index >= 15 is 0 Å². The first kappa shape index (κ1) is 13.3. The normalized spacial score (nSPS) is 11.9. The summed E-state index contributed by atoms with van der Waals surface area (Å²) in [4.78, 5) is 0. The Labute approximate surface area is 137 Å². The summed E-state index contributed by atoms with van der Waals surface area (Å²) in [6.45, 7) is 0. The Hall–Kier alpha value is -3.20. The molecule has 0 aliphatic carbocycles. The molecular weight excluding hydrogens is 300 g/mol. The highest BCUT2D eigenvalue weighted by Crippen LogP contribution is 2.47. The summed E-state index contributed by atoms with van der Waals surface area (Å²) >= 11 is 0. The number of ether oxygens (including phenoxy) is 1. The van der Waals surface area contributed by atoms with E-state index in [9.17, 15) is 10.2 Å². The zero-order valence-electron chi connectivity index (χ0n) is 13.0. The monoisotopic (exact) mass is 314 g/mol. The predicted molar refractivity (Wildman–Crippen MR) is 97.5 cm³/mol. The van der Waals surface area contributed by atoms with Gasteiger partial charge in [-0.3, -0.25) is 0 Å². The summed E-state index contributed by atoms with van der Waals surface area (Å²) in [6.07, 6.45) is 0. The molecule has 3 heteroatoms. The molecular formula is C21H14O3. The molecule has 0 saturated carbocycles.